The SMILES string of the molecule is CCCCC/C=C\C/C=C\C/C=C\CCCCCCCCC(=O)OC(COC(=O)CCCCCCCCCCCCCCCCCCCC)COC1OC(CS(=O)(=O)O)C(O)C(O)C1O. The normalized spacial score (nSPS) is 19.8. The van der Waals surface area contributed by atoms with Gasteiger partial charge in [-0.3, -0.25) is 14.1 Å². The first-order valence-corrected chi connectivity index (χ1v) is 27.7. The van der Waals surface area contributed by atoms with Gasteiger partial charge in [-0.25, -0.2) is 0 Å². The molecule has 1 aliphatic rings. The zero-order valence-corrected chi connectivity index (χ0v) is 41.7. The van der Waals surface area contributed by atoms with Crippen molar-refractivity contribution in [1.82, 2.24) is 0 Å². The quantitative estimate of drug-likeness (QED) is 0.0196. The molecule has 6 atom stereocenters. The molecule has 0 aromatic heterocycles. The van der Waals surface area contributed by atoms with Crippen LogP contribution in [0.25, 0.3) is 0 Å². The molecule has 0 aromatic rings. The number of rotatable bonds is 44. The van der Waals surface area contributed by atoms with Crippen LogP contribution in [-0.2, 0) is 38.7 Å². The van der Waals surface area contributed by atoms with Gasteiger partial charge in [0.15, 0.2) is 12.4 Å². The van der Waals surface area contributed by atoms with Gasteiger partial charge in [-0.15, -0.1) is 0 Å². The lowest BCUT2D eigenvalue weighted by atomic mass is 10.00. The number of carbonyl (C=O) groups excluding carboxylic acids is 2. The van der Waals surface area contributed by atoms with Crippen LogP contribution in [0, 0.1) is 0 Å². The molecular weight excluding hydrogens is 849 g/mol. The van der Waals surface area contributed by atoms with Crippen molar-refractivity contribution in [1.29, 1.82) is 0 Å². The van der Waals surface area contributed by atoms with Gasteiger partial charge in [0, 0.05) is 12.8 Å². The molecule has 1 aliphatic heterocycles. The first-order valence-electron chi connectivity index (χ1n) is 26.0. The molecule has 12 nitrogen and oxygen atoms in total. The van der Waals surface area contributed by atoms with Crippen molar-refractivity contribution in [3.05, 3.63) is 36.5 Å². The van der Waals surface area contributed by atoms with Gasteiger partial charge in [0.1, 0.15) is 36.8 Å². The van der Waals surface area contributed by atoms with E-state index in [2.05, 4.69) is 50.3 Å². The Balaban J connectivity index is 2.38. The first kappa shape index (κ1) is 60.9. The van der Waals surface area contributed by atoms with Crippen LogP contribution >= 0.6 is 0 Å². The van der Waals surface area contributed by atoms with Crippen molar-refractivity contribution in [3.8, 4) is 0 Å². The highest BCUT2D eigenvalue weighted by atomic mass is 32.2. The van der Waals surface area contributed by atoms with E-state index in [9.17, 15) is 37.9 Å². The van der Waals surface area contributed by atoms with Crippen LogP contribution in [0.4, 0.5) is 0 Å². The predicted octanol–water partition coefficient (Wildman–Crippen LogP) is 11.7. The van der Waals surface area contributed by atoms with Gasteiger partial charge in [-0.2, -0.15) is 8.42 Å². The second kappa shape index (κ2) is 42.0. The number of esters is 2. The molecule has 0 saturated carbocycles. The molecule has 6 unspecified atom stereocenters. The predicted molar refractivity (Wildman–Crippen MR) is 261 cm³/mol. The van der Waals surface area contributed by atoms with E-state index in [0.717, 1.165) is 70.6 Å². The molecule has 65 heavy (non-hydrogen) atoms. The summed E-state index contributed by atoms with van der Waals surface area (Å²) in [6, 6.07) is 0. The van der Waals surface area contributed by atoms with Gasteiger partial charge in [0.05, 0.1) is 6.61 Å². The molecular formula is C52H94O12S. The van der Waals surface area contributed by atoms with Crippen molar-refractivity contribution in [2.75, 3.05) is 19.0 Å². The Morgan fingerprint density at radius 1 is 0.523 bits per heavy atom. The minimum atomic E-state index is -4.61. The van der Waals surface area contributed by atoms with Crippen molar-refractivity contribution in [2.24, 2.45) is 0 Å². The molecule has 1 heterocycles. The van der Waals surface area contributed by atoms with Crippen molar-refractivity contribution in [3.63, 3.8) is 0 Å². The van der Waals surface area contributed by atoms with Crippen LogP contribution < -0.4 is 0 Å². The van der Waals surface area contributed by atoms with Gasteiger partial charge in [-0.05, 0) is 51.4 Å². The van der Waals surface area contributed by atoms with E-state index < -0.39 is 71.2 Å². The maximum Gasteiger partial charge on any atom is 0.306 e. The Labute approximate surface area is 395 Å². The lowest BCUT2D eigenvalue weighted by Crippen LogP contribution is -2.60. The fourth-order valence-corrected chi connectivity index (χ4v) is 8.61. The lowest BCUT2D eigenvalue weighted by molar-refractivity contribution is -0.297. The topological polar surface area (TPSA) is 186 Å². The average molecular weight is 943 g/mol. The van der Waals surface area contributed by atoms with Gasteiger partial charge >= 0.3 is 11.9 Å². The minimum Gasteiger partial charge on any atom is -0.462 e. The number of aliphatic hydroxyl groups is 3. The smallest absolute Gasteiger partial charge is 0.306 e. The third kappa shape index (κ3) is 36.6. The highest BCUT2D eigenvalue weighted by Gasteiger charge is 2.46. The van der Waals surface area contributed by atoms with Crippen molar-refractivity contribution < 1.29 is 56.8 Å². The maximum absolute atomic E-state index is 12.9. The number of unbranched alkanes of at least 4 members (excludes halogenated alkanes) is 26. The van der Waals surface area contributed by atoms with E-state index in [4.69, 9.17) is 18.9 Å². The van der Waals surface area contributed by atoms with Crippen LogP contribution in [0.15, 0.2) is 36.5 Å². The highest BCUT2D eigenvalue weighted by Crippen LogP contribution is 2.24. The zero-order valence-electron chi connectivity index (χ0n) is 40.8. The van der Waals surface area contributed by atoms with E-state index in [1.54, 1.807) is 0 Å². The monoisotopic (exact) mass is 943 g/mol. The first-order chi connectivity index (χ1) is 31.5. The minimum absolute atomic E-state index is 0.151. The summed E-state index contributed by atoms with van der Waals surface area (Å²) in [4.78, 5) is 25.5. The number of ether oxygens (including phenoxy) is 4. The van der Waals surface area contributed by atoms with Gasteiger partial charge in [-0.1, -0.05) is 198 Å². The summed E-state index contributed by atoms with van der Waals surface area (Å²) in [7, 11) is -4.61. The van der Waals surface area contributed by atoms with Crippen LogP contribution in [0.5, 0.6) is 0 Å². The molecule has 0 radical (unpaired) electrons. The molecule has 1 rings (SSSR count). The van der Waals surface area contributed by atoms with Gasteiger partial charge in [0.25, 0.3) is 10.1 Å². The molecule has 4 N–H and O–H groups in total. The summed E-state index contributed by atoms with van der Waals surface area (Å²) >= 11 is 0. The number of allylic oxidation sites excluding steroid dienone is 6. The highest BCUT2D eigenvalue weighted by molar-refractivity contribution is 7.85. The maximum atomic E-state index is 12.9. The second-order valence-electron chi connectivity index (χ2n) is 18.2. The fourth-order valence-electron chi connectivity index (χ4n) is 7.92. The third-order valence-electron chi connectivity index (χ3n) is 12.0. The summed E-state index contributed by atoms with van der Waals surface area (Å²) in [6.07, 6.45) is 40.3. The second-order valence-corrected chi connectivity index (χ2v) is 19.7. The number of hydrogen-bond donors (Lipinski definition) is 4. The third-order valence-corrected chi connectivity index (χ3v) is 12.7. The Hall–Kier alpha value is -2.13. The van der Waals surface area contributed by atoms with Crippen LogP contribution in [-0.4, -0.2) is 96.0 Å². The molecule has 0 amide bonds. The van der Waals surface area contributed by atoms with E-state index in [1.165, 1.54) is 116 Å². The fraction of sp³-hybridized carbons (Fsp3) is 0.846. The van der Waals surface area contributed by atoms with Crippen molar-refractivity contribution in [2.45, 2.75) is 263 Å². The van der Waals surface area contributed by atoms with Crippen LogP contribution in [0.3, 0.4) is 0 Å². The van der Waals surface area contributed by atoms with Crippen LogP contribution in [0.2, 0.25) is 0 Å². The largest absolute Gasteiger partial charge is 0.462 e. The summed E-state index contributed by atoms with van der Waals surface area (Å²) < 4.78 is 54.2. The number of hydrogen-bond acceptors (Lipinski definition) is 11. The average Bonchev–Trinajstić information content (AvgIpc) is 3.27. The molecule has 1 saturated heterocycles. The van der Waals surface area contributed by atoms with E-state index >= 15 is 0 Å². The van der Waals surface area contributed by atoms with Gasteiger partial charge < -0.3 is 34.3 Å². The zero-order chi connectivity index (χ0) is 47.6. The van der Waals surface area contributed by atoms with Crippen molar-refractivity contribution >= 4 is 22.1 Å². The van der Waals surface area contributed by atoms with E-state index in [1.807, 2.05) is 0 Å². The van der Waals surface area contributed by atoms with Crippen LogP contribution in [0.1, 0.15) is 226 Å². The summed E-state index contributed by atoms with van der Waals surface area (Å²) in [6.45, 7) is 3.76. The molecule has 13 heteroatoms. The molecule has 0 spiro atoms. The summed E-state index contributed by atoms with van der Waals surface area (Å²) in [5.74, 6) is -1.99. The summed E-state index contributed by atoms with van der Waals surface area (Å²) in [5.41, 5.74) is 0. The Bertz CT molecular complexity index is 1330. The Morgan fingerprint density at radius 2 is 0.923 bits per heavy atom. The molecule has 0 aromatic carbocycles. The molecule has 0 aliphatic carbocycles. The standard InChI is InChI=1S/C52H94O12S/c1-3-5-7-9-11-13-15-17-19-21-23-25-27-29-31-33-35-37-39-41-48(54)63-45(43-62-52-51(57)50(56)49(55)46(64-52)44-65(58,59)60)42-61-47(53)40-38-36-34-32-30-28-26-24-22-20-18-16-14-12-10-8-6-4-2/h11,13,17,19,23,25,45-46,49-52,55-57H,3-10,12,14-16,18,20-22,24,26-44H2,1-2H3,(H,58,59,60)/b13-11-,19-17-,25-23-. The molecule has 1 fully saturated rings. The van der Waals surface area contributed by atoms with Gasteiger partial charge in [0.2, 0.25) is 0 Å². The lowest BCUT2D eigenvalue weighted by Gasteiger charge is -2.40. The summed E-state index contributed by atoms with van der Waals surface area (Å²) in [5, 5.41) is 31.0. The Kier molecular flexibility index (Phi) is 39.4. The molecule has 380 valence electrons. The number of carbonyl (C=O) groups is 2. The molecule has 0 bridgehead atoms. The van der Waals surface area contributed by atoms with E-state index in [-0.39, 0.29) is 19.4 Å². The Morgan fingerprint density at radius 3 is 1.40 bits per heavy atom. The number of aliphatic hydroxyl groups excluding tert-OH is 3. The van der Waals surface area contributed by atoms with E-state index in [0.29, 0.717) is 12.8 Å².